The Balaban J connectivity index is 1.53. The zero-order valence-electron chi connectivity index (χ0n) is 26.9. The lowest BCUT2D eigenvalue weighted by Crippen LogP contribution is -2.43. The maximum atomic E-state index is 16.2. The lowest BCUT2D eigenvalue weighted by molar-refractivity contribution is -0.132. The van der Waals surface area contributed by atoms with E-state index in [1.807, 2.05) is 36.7 Å². The summed E-state index contributed by atoms with van der Waals surface area (Å²) in [4.78, 5) is 23.6. The van der Waals surface area contributed by atoms with Crippen LogP contribution in [-0.2, 0) is 16.6 Å². The molecule has 5 heterocycles. The predicted octanol–water partition coefficient (Wildman–Crippen LogP) is 7.77. The summed E-state index contributed by atoms with van der Waals surface area (Å²) in [5.74, 6) is -4.62. The van der Waals surface area contributed by atoms with Crippen molar-refractivity contribution < 1.29 is 31.8 Å². The molecular weight excluding hydrogens is 660 g/mol. The van der Waals surface area contributed by atoms with Crippen molar-refractivity contribution in [3.05, 3.63) is 83.7 Å². The highest BCUT2D eigenvalue weighted by atomic mass is 32.1. The lowest BCUT2D eigenvalue weighted by atomic mass is 9.94. The van der Waals surface area contributed by atoms with Crippen LogP contribution in [0.25, 0.3) is 54.9 Å². The summed E-state index contributed by atoms with van der Waals surface area (Å²) < 4.78 is 75.8. The normalized spacial score (nSPS) is 16.0. The molecule has 0 unspecified atom stereocenters. The van der Waals surface area contributed by atoms with Crippen molar-refractivity contribution in [3.63, 3.8) is 0 Å². The number of nitrogens with zero attached hydrogens (tertiary/aromatic N) is 6. The van der Waals surface area contributed by atoms with E-state index in [0.717, 1.165) is 22.9 Å². The van der Waals surface area contributed by atoms with E-state index in [4.69, 9.17) is 19.6 Å². The molecule has 49 heavy (non-hydrogen) atoms. The maximum absolute atomic E-state index is 16.2. The molecule has 1 amide bonds. The van der Waals surface area contributed by atoms with Crippen LogP contribution in [0.1, 0.15) is 31.6 Å². The largest absolute Gasteiger partial charge is 0.490 e. The number of carbonyl (C=O) groups is 1. The molecule has 252 valence electrons. The van der Waals surface area contributed by atoms with Gasteiger partial charge < -0.3 is 18.9 Å². The first-order valence-electron chi connectivity index (χ1n) is 15.4. The van der Waals surface area contributed by atoms with Gasteiger partial charge in [-0.05, 0) is 32.0 Å². The van der Waals surface area contributed by atoms with E-state index in [1.165, 1.54) is 17.4 Å². The third-order valence-corrected chi connectivity index (χ3v) is 9.72. The number of pyridine rings is 1. The monoisotopic (exact) mass is 690 g/mol. The minimum absolute atomic E-state index is 0.0159. The second kappa shape index (κ2) is 12.4. The van der Waals surface area contributed by atoms with Gasteiger partial charge in [0.25, 0.3) is 5.91 Å². The number of aromatic nitrogens is 5. The second-order valence-electron chi connectivity index (χ2n) is 11.9. The van der Waals surface area contributed by atoms with Gasteiger partial charge in [0.15, 0.2) is 5.83 Å². The number of halogens is 4. The van der Waals surface area contributed by atoms with E-state index in [-0.39, 0.29) is 53.4 Å². The molecule has 2 aromatic carbocycles. The number of fused-ring (bicyclic) bond motifs is 3. The summed E-state index contributed by atoms with van der Waals surface area (Å²) in [5.41, 5.74) is 3.29. The van der Waals surface area contributed by atoms with Crippen molar-refractivity contribution in [1.82, 2.24) is 29.2 Å². The number of thiophene rings is 1. The Labute approximate surface area is 282 Å². The molecule has 1 aliphatic heterocycles. The Bertz CT molecular complexity index is 2300. The van der Waals surface area contributed by atoms with Crippen molar-refractivity contribution in [1.29, 1.82) is 0 Å². The molecule has 1 aliphatic rings. The molecule has 0 saturated carbocycles. The van der Waals surface area contributed by atoms with Crippen LogP contribution >= 0.6 is 11.3 Å². The Morgan fingerprint density at radius 3 is 2.61 bits per heavy atom. The second-order valence-corrected chi connectivity index (χ2v) is 12.8. The fourth-order valence-electron chi connectivity index (χ4n) is 6.41. The van der Waals surface area contributed by atoms with E-state index >= 15 is 8.78 Å². The molecule has 0 saturated heterocycles. The fourth-order valence-corrected chi connectivity index (χ4v) is 7.35. The Morgan fingerprint density at radius 1 is 1.06 bits per heavy atom. The van der Waals surface area contributed by atoms with Crippen LogP contribution in [-0.4, -0.2) is 62.0 Å². The van der Waals surface area contributed by atoms with E-state index in [1.54, 1.807) is 24.0 Å². The number of aryl methyl sites for hydroxylation is 1. The summed E-state index contributed by atoms with van der Waals surface area (Å²) in [6.07, 6.45) is 1.68. The number of ether oxygens (including phenoxy) is 2. The summed E-state index contributed by atoms with van der Waals surface area (Å²) in [5, 5.41) is 6.20. The van der Waals surface area contributed by atoms with Gasteiger partial charge in [0.1, 0.15) is 41.2 Å². The van der Waals surface area contributed by atoms with Crippen LogP contribution in [0.2, 0.25) is 0 Å². The van der Waals surface area contributed by atoms with Gasteiger partial charge in [-0.15, -0.1) is 11.3 Å². The number of benzene rings is 2. The van der Waals surface area contributed by atoms with Gasteiger partial charge in [0.2, 0.25) is 0 Å². The lowest BCUT2D eigenvalue weighted by Gasteiger charge is -2.37. The molecular formula is C35H30F4N6O3S. The number of hydrogen-bond donors (Lipinski definition) is 0. The quantitative estimate of drug-likeness (QED) is 0.0922. The fraction of sp³-hybridized carbons (Fsp3) is 0.257. The van der Waals surface area contributed by atoms with E-state index in [2.05, 4.69) is 11.6 Å². The summed E-state index contributed by atoms with van der Waals surface area (Å²) >= 11 is 1.10. The average Bonchev–Trinajstić information content (AvgIpc) is 3.79. The van der Waals surface area contributed by atoms with Crippen LogP contribution in [0, 0.1) is 17.5 Å². The van der Waals surface area contributed by atoms with Crippen LogP contribution in [0.3, 0.4) is 0 Å². The minimum atomic E-state index is -1.09. The molecule has 0 spiro atoms. The topological polar surface area (TPSA) is 87.3 Å². The van der Waals surface area contributed by atoms with Crippen LogP contribution in [0.15, 0.2) is 60.5 Å². The number of hydrogen-bond acceptors (Lipinski definition) is 7. The van der Waals surface area contributed by atoms with Crippen molar-refractivity contribution in [2.75, 3.05) is 26.9 Å². The first-order valence-corrected chi connectivity index (χ1v) is 16.2. The number of amides is 1. The van der Waals surface area contributed by atoms with Crippen LogP contribution in [0.4, 0.5) is 17.6 Å². The molecule has 0 radical (unpaired) electrons. The van der Waals surface area contributed by atoms with Gasteiger partial charge in [-0.1, -0.05) is 12.6 Å². The molecule has 0 bridgehead atoms. The highest BCUT2D eigenvalue weighted by molar-refractivity contribution is 7.17. The first-order chi connectivity index (χ1) is 23.5. The SMILES string of the molecule is C=C(F)C(=O)N1C[C@H](C)n2nc(-c3nc(-c4ccc5c(c4)ncn5C)c4scc(F)c4c3-c3c(F)cc(F)cc3OCCOC)cc2[C@H]1C. The number of carbonyl (C=O) groups excluding carboxylic acids is 1. The van der Waals surface area contributed by atoms with Crippen LogP contribution in [0.5, 0.6) is 5.75 Å². The van der Waals surface area contributed by atoms with Gasteiger partial charge in [-0.3, -0.25) is 9.48 Å². The zero-order chi connectivity index (χ0) is 34.7. The van der Waals surface area contributed by atoms with Gasteiger partial charge in [-0.25, -0.2) is 27.5 Å². The van der Waals surface area contributed by atoms with Crippen molar-refractivity contribution >= 4 is 38.4 Å². The smallest absolute Gasteiger partial charge is 0.282 e. The van der Waals surface area contributed by atoms with Crippen molar-refractivity contribution in [2.24, 2.45) is 7.05 Å². The van der Waals surface area contributed by atoms with E-state index in [9.17, 15) is 13.6 Å². The molecule has 4 aromatic heterocycles. The standard InChI is InChI=1S/C35H30F4N6O3S/c1-17-14-44(35(46)18(2)36)19(3)27-13-25(42-45(17)27)33-31(29-22(38)11-21(37)12-28(29)48-9-8-47-5)30-23(39)15-49-34(30)32(41-33)20-6-7-26-24(10-20)40-16-43(26)4/h6-7,10-13,15-17,19H,2,8-9,14H2,1,3-5H3/t17-,19+/m0/s1. The summed E-state index contributed by atoms with van der Waals surface area (Å²) in [6, 6.07) is 7.96. The molecule has 9 nitrogen and oxygen atoms in total. The molecule has 0 aliphatic carbocycles. The van der Waals surface area contributed by atoms with Gasteiger partial charge in [0, 0.05) is 54.7 Å². The number of rotatable bonds is 8. The molecule has 6 aromatic rings. The van der Waals surface area contributed by atoms with Crippen molar-refractivity contribution in [3.8, 4) is 39.5 Å². The first kappa shape index (κ1) is 32.5. The molecule has 14 heteroatoms. The highest BCUT2D eigenvalue weighted by Crippen LogP contribution is 2.48. The zero-order valence-corrected chi connectivity index (χ0v) is 27.7. The minimum Gasteiger partial charge on any atom is -0.490 e. The van der Waals surface area contributed by atoms with Crippen LogP contribution < -0.4 is 4.74 Å². The Hall–Kier alpha value is -5.08. The van der Waals surface area contributed by atoms with Gasteiger partial charge in [-0.2, -0.15) is 5.10 Å². The number of methoxy groups -OCH3 is 1. The predicted molar refractivity (Wildman–Crippen MR) is 178 cm³/mol. The Morgan fingerprint density at radius 2 is 1.86 bits per heavy atom. The average molecular weight is 691 g/mol. The molecule has 7 rings (SSSR count). The third-order valence-electron chi connectivity index (χ3n) is 8.76. The van der Waals surface area contributed by atoms with E-state index in [0.29, 0.717) is 33.2 Å². The third kappa shape index (κ3) is 5.44. The van der Waals surface area contributed by atoms with Crippen molar-refractivity contribution in [2.45, 2.75) is 25.9 Å². The molecule has 0 N–H and O–H groups in total. The van der Waals surface area contributed by atoms with Gasteiger partial charge in [0.05, 0.1) is 57.7 Å². The highest BCUT2D eigenvalue weighted by Gasteiger charge is 2.36. The Kier molecular flexibility index (Phi) is 8.23. The maximum Gasteiger partial charge on any atom is 0.282 e. The summed E-state index contributed by atoms with van der Waals surface area (Å²) in [7, 11) is 3.33. The molecule has 2 atom stereocenters. The summed E-state index contributed by atoms with van der Waals surface area (Å²) in [6.45, 7) is 6.96. The number of imidazole rings is 1. The van der Waals surface area contributed by atoms with Gasteiger partial charge >= 0.3 is 0 Å². The van der Waals surface area contributed by atoms with E-state index < -0.39 is 41.3 Å². The molecule has 0 fully saturated rings.